The van der Waals surface area contributed by atoms with Gasteiger partial charge in [0.1, 0.15) is 5.75 Å². The Morgan fingerprint density at radius 2 is 2.17 bits per heavy atom. The minimum atomic E-state index is 0. The molecule has 0 amide bonds. The van der Waals surface area contributed by atoms with Crippen LogP contribution in [-0.2, 0) is 6.42 Å². The van der Waals surface area contributed by atoms with Crippen molar-refractivity contribution in [2.45, 2.75) is 44.6 Å². The summed E-state index contributed by atoms with van der Waals surface area (Å²) in [6, 6.07) is 6.52. The van der Waals surface area contributed by atoms with E-state index in [0.29, 0.717) is 11.7 Å². The number of nitrogens with zero attached hydrogens (tertiary/aromatic N) is 1. The average Bonchev–Trinajstić information content (AvgIpc) is 2.85. The predicted octanol–water partition coefficient (Wildman–Crippen LogP) is 4.06. The second kappa shape index (κ2) is 5.42. The molecule has 1 aliphatic carbocycles. The molecule has 4 aliphatic rings. The highest BCUT2D eigenvalue weighted by atomic mass is 35.5. The van der Waals surface area contributed by atoms with Gasteiger partial charge in [0.15, 0.2) is 0 Å². The van der Waals surface area contributed by atoms with Crippen LogP contribution in [0.5, 0.6) is 5.75 Å². The number of phenolic OH excluding ortho intramolecular Hbond substituents is 1. The number of phenols is 1. The molecule has 4 heterocycles. The molecule has 4 heteroatoms. The Hall–Kier alpha value is -1.19. The molecule has 0 radical (unpaired) electrons. The zero-order chi connectivity index (χ0) is 14.8. The standard InChI is InChI=1S/C19H24N2O.ClH/c1-2-12-7-11-8-16-18-14(5-6-21(10-11)19(12)16)15-9-13(22)3-4-17(15)20-18;/h3-4,9,11-12,16,19-20,22H,2,5-8,10H2,1H3;1H/t11-,12+,16-,19+;/m0./s1. The topological polar surface area (TPSA) is 39.3 Å². The van der Waals surface area contributed by atoms with Crippen molar-refractivity contribution in [1.82, 2.24) is 9.88 Å². The average molecular weight is 333 g/mol. The van der Waals surface area contributed by atoms with Gasteiger partial charge in [-0.15, -0.1) is 12.4 Å². The maximum absolute atomic E-state index is 9.87. The summed E-state index contributed by atoms with van der Waals surface area (Å²) in [6.07, 6.45) is 5.22. The van der Waals surface area contributed by atoms with Crippen LogP contribution in [0.2, 0.25) is 0 Å². The molecular weight excluding hydrogens is 308 g/mol. The van der Waals surface area contributed by atoms with Gasteiger partial charge in [-0.25, -0.2) is 0 Å². The van der Waals surface area contributed by atoms with Crippen molar-refractivity contribution in [3.8, 4) is 5.75 Å². The molecule has 4 bridgehead atoms. The van der Waals surface area contributed by atoms with Gasteiger partial charge < -0.3 is 10.1 Å². The monoisotopic (exact) mass is 332 g/mol. The van der Waals surface area contributed by atoms with E-state index in [-0.39, 0.29) is 12.4 Å². The summed E-state index contributed by atoms with van der Waals surface area (Å²) < 4.78 is 0. The van der Waals surface area contributed by atoms with Gasteiger partial charge >= 0.3 is 0 Å². The number of H-pyrrole nitrogens is 1. The molecule has 3 fully saturated rings. The van der Waals surface area contributed by atoms with Crippen LogP contribution < -0.4 is 0 Å². The van der Waals surface area contributed by atoms with Crippen LogP contribution >= 0.6 is 12.4 Å². The lowest BCUT2D eigenvalue weighted by molar-refractivity contribution is -0.0134. The third-order valence-corrected chi connectivity index (χ3v) is 6.50. The molecule has 2 saturated heterocycles. The highest BCUT2D eigenvalue weighted by Gasteiger charge is 2.48. The first kappa shape index (κ1) is 15.3. The molecule has 3 nitrogen and oxygen atoms in total. The summed E-state index contributed by atoms with van der Waals surface area (Å²) in [5.41, 5.74) is 4.16. The molecule has 1 aromatic heterocycles. The first-order valence-corrected chi connectivity index (χ1v) is 8.82. The van der Waals surface area contributed by atoms with Gasteiger partial charge in [-0.2, -0.15) is 0 Å². The number of benzene rings is 1. The lowest BCUT2D eigenvalue weighted by Gasteiger charge is -2.53. The first-order chi connectivity index (χ1) is 10.7. The van der Waals surface area contributed by atoms with E-state index in [9.17, 15) is 5.11 Å². The Kier molecular flexibility index (Phi) is 3.62. The highest BCUT2D eigenvalue weighted by Crippen LogP contribution is 2.51. The number of aromatic hydroxyl groups is 1. The Labute approximate surface area is 143 Å². The van der Waals surface area contributed by atoms with Crippen molar-refractivity contribution in [1.29, 1.82) is 0 Å². The van der Waals surface area contributed by atoms with E-state index < -0.39 is 0 Å². The van der Waals surface area contributed by atoms with Crippen LogP contribution in [-0.4, -0.2) is 34.1 Å². The van der Waals surface area contributed by atoms with Crippen LogP contribution in [0.3, 0.4) is 0 Å². The zero-order valence-electron chi connectivity index (χ0n) is 13.6. The maximum Gasteiger partial charge on any atom is 0.116 e. The molecule has 6 rings (SSSR count). The molecule has 23 heavy (non-hydrogen) atoms. The maximum atomic E-state index is 9.87. The number of nitrogens with one attached hydrogen (secondary N) is 1. The number of halogens is 1. The van der Waals surface area contributed by atoms with Gasteiger partial charge in [0.25, 0.3) is 0 Å². The first-order valence-electron chi connectivity index (χ1n) is 8.82. The number of hydrogen-bond donors (Lipinski definition) is 2. The minimum absolute atomic E-state index is 0. The van der Waals surface area contributed by atoms with Gasteiger partial charge in [-0.05, 0) is 54.9 Å². The smallest absolute Gasteiger partial charge is 0.116 e. The molecule has 2 aromatic rings. The largest absolute Gasteiger partial charge is 0.508 e. The quantitative estimate of drug-likeness (QED) is 0.826. The van der Waals surface area contributed by atoms with Crippen LogP contribution in [0.25, 0.3) is 10.9 Å². The van der Waals surface area contributed by atoms with E-state index in [2.05, 4.69) is 16.8 Å². The van der Waals surface area contributed by atoms with Crippen molar-refractivity contribution >= 4 is 23.3 Å². The fraction of sp³-hybridized carbons (Fsp3) is 0.579. The number of rotatable bonds is 1. The molecule has 1 saturated carbocycles. The lowest BCUT2D eigenvalue weighted by atomic mass is 9.65. The second-order valence-corrected chi connectivity index (χ2v) is 7.59. The van der Waals surface area contributed by atoms with E-state index in [1.807, 2.05) is 12.1 Å². The van der Waals surface area contributed by atoms with Crippen molar-refractivity contribution in [3.63, 3.8) is 0 Å². The van der Waals surface area contributed by atoms with Crippen molar-refractivity contribution < 1.29 is 5.11 Å². The van der Waals surface area contributed by atoms with Crippen molar-refractivity contribution in [2.75, 3.05) is 13.1 Å². The number of hydrogen-bond acceptors (Lipinski definition) is 2. The lowest BCUT2D eigenvalue weighted by Crippen LogP contribution is -2.56. The summed E-state index contributed by atoms with van der Waals surface area (Å²) in [5, 5.41) is 11.1. The van der Waals surface area contributed by atoms with E-state index >= 15 is 0 Å². The predicted molar refractivity (Wildman–Crippen MR) is 95.5 cm³/mol. The zero-order valence-corrected chi connectivity index (χ0v) is 14.4. The van der Waals surface area contributed by atoms with Gasteiger partial charge in [-0.3, -0.25) is 4.90 Å². The molecular formula is C19H25ClN2O. The Morgan fingerprint density at radius 3 is 3.00 bits per heavy atom. The van der Waals surface area contributed by atoms with Crippen LogP contribution in [0.1, 0.15) is 43.4 Å². The van der Waals surface area contributed by atoms with Crippen LogP contribution in [0, 0.1) is 11.8 Å². The molecule has 2 N–H and O–H groups in total. The number of aromatic amines is 1. The fourth-order valence-corrected chi connectivity index (χ4v) is 5.68. The minimum Gasteiger partial charge on any atom is -0.508 e. The van der Waals surface area contributed by atoms with E-state index in [4.69, 9.17) is 0 Å². The van der Waals surface area contributed by atoms with Gasteiger partial charge in [0, 0.05) is 41.6 Å². The van der Waals surface area contributed by atoms with E-state index in [0.717, 1.165) is 24.3 Å². The van der Waals surface area contributed by atoms with E-state index in [1.165, 1.54) is 54.5 Å². The Balaban J connectivity index is 0.00000135. The summed E-state index contributed by atoms with van der Waals surface area (Å²) >= 11 is 0. The SMILES string of the molecule is CC[C@@H]1C[C@H]2C[C@H]3c4[nH]c5ccc(O)cc5c4CCN(C2)[C@H]13.Cl. The number of aromatic nitrogens is 1. The van der Waals surface area contributed by atoms with Gasteiger partial charge in [-0.1, -0.05) is 13.3 Å². The van der Waals surface area contributed by atoms with Crippen LogP contribution in [0.4, 0.5) is 0 Å². The summed E-state index contributed by atoms with van der Waals surface area (Å²) in [4.78, 5) is 6.51. The van der Waals surface area contributed by atoms with Crippen molar-refractivity contribution in [3.05, 3.63) is 29.5 Å². The normalized spacial score (nSPS) is 34.7. The third kappa shape index (κ3) is 2.13. The summed E-state index contributed by atoms with van der Waals surface area (Å²) in [6.45, 7) is 4.86. The fourth-order valence-electron chi connectivity index (χ4n) is 5.68. The molecule has 0 spiro atoms. The molecule has 1 unspecified atom stereocenters. The molecule has 124 valence electrons. The molecule has 5 atom stereocenters. The summed E-state index contributed by atoms with van der Waals surface area (Å²) in [5.74, 6) is 2.80. The van der Waals surface area contributed by atoms with Gasteiger partial charge in [0.2, 0.25) is 0 Å². The van der Waals surface area contributed by atoms with Crippen molar-refractivity contribution in [2.24, 2.45) is 11.8 Å². The molecule has 1 aromatic carbocycles. The highest BCUT2D eigenvalue weighted by molar-refractivity contribution is 5.86. The number of fused-ring (bicyclic) bond motifs is 4. The second-order valence-electron chi connectivity index (χ2n) is 7.59. The Morgan fingerprint density at radius 1 is 1.30 bits per heavy atom. The van der Waals surface area contributed by atoms with Gasteiger partial charge in [0.05, 0.1) is 0 Å². The van der Waals surface area contributed by atoms with E-state index in [1.54, 1.807) is 6.07 Å². The molecule has 3 aliphatic heterocycles. The third-order valence-electron chi connectivity index (χ3n) is 6.50. The van der Waals surface area contributed by atoms with Crippen LogP contribution in [0.15, 0.2) is 18.2 Å². The Bertz CT molecular complexity index is 740. The summed E-state index contributed by atoms with van der Waals surface area (Å²) in [7, 11) is 0. The number of piperidine rings is 2.